The van der Waals surface area contributed by atoms with Crippen LogP contribution >= 0.6 is 15.9 Å². The summed E-state index contributed by atoms with van der Waals surface area (Å²) in [6.45, 7) is -0.895. The normalized spacial score (nSPS) is 10.0. The fourth-order valence-corrected chi connectivity index (χ4v) is 1.77. The Morgan fingerprint density at radius 2 is 1.68 bits per heavy atom. The number of primary amides is 2. The standard InChI is InChI=1S/C11H11BrFN3O3/c12-7-3-6(1-2-8(7)13)11(19)16(4-9(14)17)5-10(15)18/h1-3H,4-5H2,(H2,14,17)(H2,15,18). The Balaban J connectivity index is 3.00. The van der Waals surface area contributed by atoms with Crippen LogP contribution in [0.25, 0.3) is 0 Å². The zero-order valence-corrected chi connectivity index (χ0v) is 11.3. The van der Waals surface area contributed by atoms with Crippen molar-refractivity contribution in [3.05, 3.63) is 34.1 Å². The summed E-state index contributed by atoms with van der Waals surface area (Å²) in [6.07, 6.45) is 0. The van der Waals surface area contributed by atoms with Gasteiger partial charge in [-0.3, -0.25) is 14.4 Å². The molecule has 0 spiro atoms. The van der Waals surface area contributed by atoms with Gasteiger partial charge in [-0.1, -0.05) is 0 Å². The highest BCUT2D eigenvalue weighted by Gasteiger charge is 2.20. The van der Waals surface area contributed by atoms with E-state index in [2.05, 4.69) is 15.9 Å². The first-order valence-electron chi connectivity index (χ1n) is 5.12. The Labute approximate surface area is 116 Å². The molecule has 0 bridgehead atoms. The van der Waals surface area contributed by atoms with Crippen LogP contribution in [0.1, 0.15) is 10.4 Å². The maximum Gasteiger partial charge on any atom is 0.254 e. The molecule has 0 saturated heterocycles. The number of halogens is 2. The van der Waals surface area contributed by atoms with Gasteiger partial charge in [0.2, 0.25) is 11.8 Å². The van der Waals surface area contributed by atoms with Crippen molar-refractivity contribution in [2.75, 3.05) is 13.1 Å². The molecule has 0 unspecified atom stereocenters. The number of nitrogens with zero attached hydrogens (tertiary/aromatic N) is 1. The molecule has 0 saturated carbocycles. The van der Waals surface area contributed by atoms with Gasteiger partial charge in [-0.2, -0.15) is 0 Å². The zero-order chi connectivity index (χ0) is 14.6. The number of nitrogens with two attached hydrogens (primary N) is 2. The molecule has 3 amide bonds. The number of hydrogen-bond donors (Lipinski definition) is 2. The topological polar surface area (TPSA) is 106 Å². The van der Waals surface area contributed by atoms with Crippen molar-refractivity contribution in [2.24, 2.45) is 11.5 Å². The van der Waals surface area contributed by atoms with Gasteiger partial charge in [-0.25, -0.2) is 4.39 Å². The van der Waals surface area contributed by atoms with Crippen LogP contribution in [0.3, 0.4) is 0 Å². The van der Waals surface area contributed by atoms with Gasteiger partial charge in [-0.05, 0) is 34.1 Å². The molecule has 8 heteroatoms. The van der Waals surface area contributed by atoms with Gasteiger partial charge in [0, 0.05) is 5.56 Å². The van der Waals surface area contributed by atoms with Gasteiger partial charge in [0.25, 0.3) is 5.91 Å². The molecule has 1 rings (SSSR count). The fourth-order valence-electron chi connectivity index (χ4n) is 1.39. The van der Waals surface area contributed by atoms with E-state index in [1.165, 1.54) is 12.1 Å². The van der Waals surface area contributed by atoms with Crippen molar-refractivity contribution in [2.45, 2.75) is 0 Å². The minimum atomic E-state index is -0.782. The van der Waals surface area contributed by atoms with Crippen molar-refractivity contribution < 1.29 is 18.8 Å². The lowest BCUT2D eigenvalue weighted by molar-refractivity contribution is -0.121. The lowest BCUT2D eigenvalue weighted by atomic mass is 10.2. The number of carbonyl (C=O) groups excluding carboxylic acids is 3. The number of benzene rings is 1. The van der Waals surface area contributed by atoms with Crippen molar-refractivity contribution in [1.29, 1.82) is 0 Å². The van der Waals surface area contributed by atoms with Crippen molar-refractivity contribution in [3.8, 4) is 0 Å². The second-order valence-electron chi connectivity index (χ2n) is 3.72. The zero-order valence-electron chi connectivity index (χ0n) is 9.73. The van der Waals surface area contributed by atoms with E-state index < -0.39 is 36.6 Å². The Morgan fingerprint density at radius 1 is 1.16 bits per heavy atom. The van der Waals surface area contributed by atoms with Crippen LogP contribution in [0.4, 0.5) is 4.39 Å². The average molecular weight is 332 g/mol. The van der Waals surface area contributed by atoms with Crippen LogP contribution in [0, 0.1) is 5.82 Å². The third-order valence-electron chi connectivity index (χ3n) is 2.15. The van der Waals surface area contributed by atoms with Gasteiger partial charge in [-0.15, -0.1) is 0 Å². The van der Waals surface area contributed by atoms with E-state index in [0.29, 0.717) is 0 Å². The third-order valence-corrected chi connectivity index (χ3v) is 2.75. The van der Waals surface area contributed by atoms with E-state index in [1.54, 1.807) is 0 Å². The molecule has 0 fully saturated rings. The summed E-state index contributed by atoms with van der Waals surface area (Å²) < 4.78 is 13.2. The van der Waals surface area contributed by atoms with Crippen molar-refractivity contribution >= 4 is 33.7 Å². The molecule has 4 N–H and O–H groups in total. The van der Waals surface area contributed by atoms with Crippen LogP contribution in [0.15, 0.2) is 22.7 Å². The summed E-state index contributed by atoms with van der Waals surface area (Å²) in [4.78, 5) is 34.6. The molecular formula is C11H11BrFN3O3. The molecule has 0 aliphatic heterocycles. The molecule has 6 nitrogen and oxygen atoms in total. The van der Waals surface area contributed by atoms with E-state index >= 15 is 0 Å². The molecule has 0 atom stereocenters. The molecule has 0 aliphatic carbocycles. The van der Waals surface area contributed by atoms with Crippen LogP contribution < -0.4 is 11.5 Å². The largest absolute Gasteiger partial charge is 0.368 e. The SMILES string of the molecule is NC(=O)CN(CC(N)=O)C(=O)c1ccc(F)c(Br)c1. The number of hydrogen-bond acceptors (Lipinski definition) is 3. The van der Waals surface area contributed by atoms with Crippen molar-refractivity contribution in [1.82, 2.24) is 4.90 Å². The monoisotopic (exact) mass is 331 g/mol. The quantitative estimate of drug-likeness (QED) is 0.792. The highest BCUT2D eigenvalue weighted by Crippen LogP contribution is 2.17. The van der Waals surface area contributed by atoms with Crippen LogP contribution in [-0.4, -0.2) is 35.7 Å². The highest BCUT2D eigenvalue weighted by molar-refractivity contribution is 9.10. The molecule has 0 aromatic heterocycles. The smallest absolute Gasteiger partial charge is 0.254 e. The van der Waals surface area contributed by atoms with Gasteiger partial charge in [0.05, 0.1) is 4.47 Å². The highest BCUT2D eigenvalue weighted by atomic mass is 79.9. The van der Waals surface area contributed by atoms with Gasteiger partial charge in [0.15, 0.2) is 0 Å². The van der Waals surface area contributed by atoms with E-state index in [0.717, 1.165) is 11.0 Å². The maximum absolute atomic E-state index is 13.1. The Bertz CT molecular complexity index is 520. The lowest BCUT2D eigenvalue weighted by Gasteiger charge is -2.19. The summed E-state index contributed by atoms with van der Waals surface area (Å²) in [6, 6.07) is 3.56. The molecule has 102 valence electrons. The van der Waals surface area contributed by atoms with Gasteiger partial charge >= 0.3 is 0 Å². The summed E-state index contributed by atoms with van der Waals surface area (Å²) in [5.41, 5.74) is 10.1. The second-order valence-corrected chi connectivity index (χ2v) is 4.58. The Hall–Kier alpha value is -1.96. The minimum absolute atomic E-state index is 0.0939. The summed E-state index contributed by atoms with van der Waals surface area (Å²) in [5.74, 6) is -2.74. The molecule has 1 aromatic carbocycles. The maximum atomic E-state index is 13.1. The molecule has 0 aliphatic rings. The summed E-state index contributed by atoms with van der Waals surface area (Å²) >= 11 is 2.94. The predicted molar refractivity (Wildman–Crippen MR) is 68.4 cm³/mol. The second kappa shape index (κ2) is 6.28. The van der Waals surface area contributed by atoms with Crippen LogP contribution in [0.5, 0.6) is 0 Å². The van der Waals surface area contributed by atoms with E-state index in [9.17, 15) is 18.8 Å². The Morgan fingerprint density at radius 3 is 2.11 bits per heavy atom. The molecule has 19 heavy (non-hydrogen) atoms. The van der Waals surface area contributed by atoms with E-state index in [-0.39, 0.29) is 10.0 Å². The molecule has 1 aromatic rings. The first kappa shape index (κ1) is 15.1. The average Bonchev–Trinajstić information content (AvgIpc) is 2.29. The number of carbonyl (C=O) groups is 3. The van der Waals surface area contributed by atoms with E-state index in [1.807, 2.05) is 0 Å². The van der Waals surface area contributed by atoms with Crippen molar-refractivity contribution in [3.63, 3.8) is 0 Å². The molecular weight excluding hydrogens is 321 g/mol. The van der Waals surface area contributed by atoms with Gasteiger partial charge in [0.1, 0.15) is 18.9 Å². The van der Waals surface area contributed by atoms with Gasteiger partial charge < -0.3 is 16.4 Å². The first-order valence-corrected chi connectivity index (χ1v) is 5.91. The summed E-state index contributed by atoms with van der Waals surface area (Å²) in [5, 5.41) is 0. The van der Waals surface area contributed by atoms with Crippen LogP contribution in [0.2, 0.25) is 0 Å². The van der Waals surface area contributed by atoms with E-state index in [4.69, 9.17) is 11.5 Å². The number of rotatable bonds is 5. The summed E-state index contributed by atoms with van der Waals surface area (Å²) in [7, 11) is 0. The first-order chi connectivity index (χ1) is 8.81. The predicted octanol–water partition coefficient (Wildman–Crippen LogP) is 0.001000. The minimum Gasteiger partial charge on any atom is -0.368 e. The third kappa shape index (κ3) is 4.32. The molecule has 0 radical (unpaired) electrons. The lowest BCUT2D eigenvalue weighted by Crippen LogP contribution is -2.43. The van der Waals surface area contributed by atoms with Crippen LogP contribution in [-0.2, 0) is 9.59 Å². The molecule has 0 heterocycles. The number of amides is 3. The fraction of sp³-hybridized carbons (Fsp3) is 0.182. The Kier molecular flexibility index (Phi) is 4.99.